The van der Waals surface area contributed by atoms with E-state index in [4.69, 9.17) is 11.6 Å². The second-order valence-corrected chi connectivity index (χ2v) is 6.35. The number of nitrogens with one attached hydrogen (secondary N) is 1. The maximum Gasteiger partial charge on any atom is 0.128 e. The third-order valence-electron chi connectivity index (χ3n) is 4.98. The molecule has 1 saturated heterocycles. The number of likely N-dealkylation sites (tertiary alicyclic amines) is 1. The Hall–Kier alpha value is -1.17. The highest BCUT2D eigenvalue weighted by molar-refractivity contribution is 5.44. The highest BCUT2D eigenvalue weighted by atomic mass is 15.3. The van der Waals surface area contributed by atoms with Gasteiger partial charge < -0.3 is 5.73 Å². The molecule has 21 heavy (non-hydrogen) atoms. The van der Waals surface area contributed by atoms with Crippen LogP contribution in [0.5, 0.6) is 0 Å². The van der Waals surface area contributed by atoms with E-state index < -0.39 is 0 Å². The second kappa shape index (κ2) is 6.73. The fraction of sp³-hybridized carbons (Fsp3) is 0.688. The minimum Gasteiger partial charge on any atom is -0.383 e. The van der Waals surface area contributed by atoms with E-state index in [0.29, 0.717) is 5.82 Å². The number of hydrogen-bond donors (Lipinski definition) is 3. The molecule has 1 aliphatic rings. The van der Waals surface area contributed by atoms with Crippen molar-refractivity contribution >= 4 is 5.82 Å². The summed E-state index contributed by atoms with van der Waals surface area (Å²) in [4.78, 5) is 6.86. The number of aryl methyl sites for hydroxylation is 1. The van der Waals surface area contributed by atoms with Gasteiger partial charge in [0.15, 0.2) is 0 Å². The van der Waals surface area contributed by atoms with Crippen molar-refractivity contribution in [1.29, 1.82) is 0 Å². The van der Waals surface area contributed by atoms with Crippen molar-refractivity contribution in [3.05, 3.63) is 23.4 Å². The van der Waals surface area contributed by atoms with Crippen LogP contribution in [0.25, 0.3) is 0 Å². The van der Waals surface area contributed by atoms with Gasteiger partial charge in [0.25, 0.3) is 0 Å². The second-order valence-electron chi connectivity index (χ2n) is 6.35. The molecule has 0 spiro atoms. The van der Waals surface area contributed by atoms with E-state index in [1.807, 2.05) is 6.92 Å². The summed E-state index contributed by atoms with van der Waals surface area (Å²) < 4.78 is 0. The Balaban J connectivity index is 2.38. The zero-order chi connectivity index (χ0) is 15.5. The van der Waals surface area contributed by atoms with Gasteiger partial charge in [-0.1, -0.05) is 13.3 Å². The predicted octanol–water partition coefficient (Wildman–Crippen LogP) is 2.13. The Kier molecular flexibility index (Phi) is 5.19. The van der Waals surface area contributed by atoms with Crippen molar-refractivity contribution in [1.82, 2.24) is 15.3 Å². The van der Waals surface area contributed by atoms with Crippen LogP contribution in [-0.2, 0) is 0 Å². The molecule has 1 fully saturated rings. The zero-order valence-corrected chi connectivity index (χ0v) is 13.5. The van der Waals surface area contributed by atoms with Crippen molar-refractivity contribution in [2.75, 3.05) is 18.8 Å². The summed E-state index contributed by atoms with van der Waals surface area (Å²) in [6.45, 7) is 8.79. The van der Waals surface area contributed by atoms with E-state index in [1.165, 1.54) is 19.3 Å². The molecule has 5 heteroatoms. The van der Waals surface area contributed by atoms with Gasteiger partial charge >= 0.3 is 0 Å². The maximum atomic E-state index is 6.12. The molecule has 2 atom stereocenters. The predicted molar refractivity (Wildman–Crippen MR) is 87.6 cm³/mol. The summed E-state index contributed by atoms with van der Waals surface area (Å²) in [5.41, 5.74) is 11.2. The first kappa shape index (κ1) is 16.2. The summed E-state index contributed by atoms with van der Waals surface area (Å²) in [5.74, 6) is 6.50. The number of nitrogens with two attached hydrogens (primary N) is 2. The van der Waals surface area contributed by atoms with Gasteiger partial charge in [-0.25, -0.2) is 4.98 Å². The van der Waals surface area contributed by atoms with E-state index in [1.54, 1.807) is 6.20 Å². The van der Waals surface area contributed by atoms with E-state index in [0.717, 1.165) is 30.6 Å². The number of hydrazine groups is 1. The summed E-state index contributed by atoms with van der Waals surface area (Å²) in [6, 6.07) is 2.08. The topological polar surface area (TPSA) is 80.2 Å². The van der Waals surface area contributed by atoms with Crippen molar-refractivity contribution in [2.24, 2.45) is 5.84 Å². The van der Waals surface area contributed by atoms with E-state index >= 15 is 0 Å². The van der Waals surface area contributed by atoms with Crippen LogP contribution in [-0.4, -0.2) is 28.5 Å². The van der Waals surface area contributed by atoms with Gasteiger partial charge in [0.05, 0.1) is 6.04 Å². The molecular weight excluding hydrogens is 262 g/mol. The highest BCUT2D eigenvalue weighted by Gasteiger charge is 2.40. The van der Waals surface area contributed by atoms with Crippen LogP contribution in [0, 0.1) is 6.92 Å². The Morgan fingerprint density at radius 2 is 2.05 bits per heavy atom. The van der Waals surface area contributed by atoms with Gasteiger partial charge in [0.2, 0.25) is 0 Å². The van der Waals surface area contributed by atoms with Gasteiger partial charge in [-0.15, -0.1) is 0 Å². The molecule has 0 bridgehead atoms. The Morgan fingerprint density at radius 3 is 2.62 bits per heavy atom. The maximum absolute atomic E-state index is 6.12. The number of pyridine rings is 1. The third kappa shape index (κ3) is 3.20. The number of aromatic nitrogens is 1. The molecule has 2 unspecified atom stereocenters. The van der Waals surface area contributed by atoms with E-state index in [9.17, 15) is 0 Å². The van der Waals surface area contributed by atoms with Gasteiger partial charge in [-0.05, 0) is 57.8 Å². The van der Waals surface area contributed by atoms with E-state index in [2.05, 4.69) is 35.2 Å². The number of nitrogens with zero attached hydrogens (tertiary/aromatic N) is 2. The van der Waals surface area contributed by atoms with Gasteiger partial charge in [0.1, 0.15) is 5.82 Å². The fourth-order valence-corrected chi connectivity index (χ4v) is 3.45. The summed E-state index contributed by atoms with van der Waals surface area (Å²) in [6.07, 6.45) is 6.65. The molecule has 1 aromatic heterocycles. The van der Waals surface area contributed by atoms with Crippen LogP contribution in [0.1, 0.15) is 56.7 Å². The Labute approximate surface area is 128 Å². The van der Waals surface area contributed by atoms with Crippen LogP contribution in [0.4, 0.5) is 5.82 Å². The largest absolute Gasteiger partial charge is 0.383 e. The molecule has 0 amide bonds. The van der Waals surface area contributed by atoms with E-state index in [-0.39, 0.29) is 11.6 Å². The Bertz CT molecular complexity index is 470. The van der Waals surface area contributed by atoms with Crippen LogP contribution in [0.15, 0.2) is 12.3 Å². The molecule has 2 heterocycles. The number of hydrogen-bond acceptors (Lipinski definition) is 5. The SMILES string of the molecule is CCC(C)(C(NN)c1cc(C)cnc1N)N1CCCCC1. The highest BCUT2D eigenvalue weighted by Crippen LogP contribution is 2.37. The monoisotopic (exact) mass is 291 g/mol. The van der Waals surface area contributed by atoms with Crippen LogP contribution in [0.2, 0.25) is 0 Å². The van der Waals surface area contributed by atoms with Crippen molar-refractivity contribution in [2.45, 2.75) is 58.0 Å². The molecule has 0 aromatic carbocycles. The number of rotatable bonds is 5. The lowest BCUT2D eigenvalue weighted by Crippen LogP contribution is -2.57. The van der Waals surface area contributed by atoms with Gasteiger partial charge in [0, 0.05) is 17.3 Å². The number of anilines is 1. The van der Waals surface area contributed by atoms with Crippen LogP contribution >= 0.6 is 0 Å². The first-order valence-corrected chi connectivity index (χ1v) is 7.96. The average Bonchev–Trinajstić information content (AvgIpc) is 2.52. The fourth-order valence-electron chi connectivity index (χ4n) is 3.45. The molecule has 1 aromatic rings. The quantitative estimate of drug-likeness (QED) is 0.572. The summed E-state index contributed by atoms with van der Waals surface area (Å²) >= 11 is 0. The molecule has 118 valence electrons. The van der Waals surface area contributed by atoms with Gasteiger partial charge in [-0.3, -0.25) is 16.2 Å². The smallest absolute Gasteiger partial charge is 0.128 e. The lowest BCUT2D eigenvalue weighted by Gasteiger charge is -2.48. The molecule has 1 aliphatic heterocycles. The first-order valence-electron chi connectivity index (χ1n) is 7.96. The zero-order valence-electron chi connectivity index (χ0n) is 13.5. The minimum atomic E-state index is -0.0568. The first-order chi connectivity index (χ1) is 10.0. The molecular formula is C16H29N5. The third-order valence-corrected chi connectivity index (χ3v) is 4.98. The molecule has 5 nitrogen and oxygen atoms in total. The van der Waals surface area contributed by atoms with Crippen LogP contribution in [0.3, 0.4) is 0 Å². The molecule has 0 aliphatic carbocycles. The molecule has 0 radical (unpaired) electrons. The summed E-state index contributed by atoms with van der Waals surface area (Å²) in [5, 5.41) is 0. The normalized spacial score (nSPS) is 21.0. The molecule has 0 saturated carbocycles. The standard InChI is InChI=1S/C16H29N5/c1-4-16(3,21-8-6-5-7-9-21)14(20-18)13-10-12(2)11-19-15(13)17/h10-11,14,20H,4-9,18H2,1-3H3,(H2,17,19). The Morgan fingerprint density at radius 1 is 1.38 bits per heavy atom. The molecule has 5 N–H and O–H groups in total. The van der Waals surface area contributed by atoms with Crippen molar-refractivity contribution in [3.63, 3.8) is 0 Å². The van der Waals surface area contributed by atoms with Crippen molar-refractivity contribution in [3.8, 4) is 0 Å². The molecule has 2 rings (SSSR count). The lowest BCUT2D eigenvalue weighted by molar-refractivity contribution is 0.0425. The lowest BCUT2D eigenvalue weighted by atomic mass is 9.82. The van der Waals surface area contributed by atoms with Crippen LogP contribution < -0.4 is 17.0 Å². The van der Waals surface area contributed by atoms with Gasteiger partial charge in [-0.2, -0.15) is 0 Å². The summed E-state index contributed by atoms with van der Waals surface area (Å²) in [7, 11) is 0. The minimum absolute atomic E-state index is 0.0204. The number of piperidine rings is 1. The average molecular weight is 291 g/mol. The van der Waals surface area contributed by atoms with Crippen molar-refractivity contribution < 1.29 is 0 Å². The number of nitrogen functional groups attached to an aromatic ring is 1.